The first-order valence-electron chi connectivity index (χ1n) is 6.69. The van der Waals surface area contributed by atoms with Gasteiger partial charge in [0.1, 0.15) is 6.10 Å². The number of ether oxygens (including phenoxy) is 1. The fraction of sp³-hybridized carbons (Fsp3) is 0.375. The highest BCUT2D eigenvalue weighted by Crippen LogP contribution is 2.40. The Kier molecular flexibility index (Phi) is 3.69. The van der Waals surface area contributed by atoms with Crippen molar-refractivity contribution in [1.82, 2.24) is 5.32 Å². The smallest absolute Gasteiger partial charge is 0.104 e. The van der Waals surface area contributed by atoms with E-state index >= 15 is 0 Å². The largest absolute Gasteiger partial charge is 0.370 e. The molecule has 1 aromatic heterocycles. The van der Waals surface area contributed by atoms with Gasteiger partial charge in [-0.25, -0.2) is 0 Å². The first-order chi connectivity index (χ1) is 9.29. The van der Waals surface area contributed by atoms with E-state index in [4.69, 9.17) is 4.74 Å². The van der Waals surface area contributed by atoms with Gasteiger partial charge in [-0.05, 0) is 36.5 Å². The molecule has 2 aromatic rings. The number of hydrogen-bond donors (Lipinski definition) is 1. The lowest BCUT2D eigenvalue weighted by Crippen LogP contribution is -2.26. The molecule has 2 heterocycles. The summed E-state index contributed by atoms with van der Waals surface area (Å²) >= 11 is 1.81. The fourth-order valence-electron chi connectivity index (χ4n) is 2.76. The lowest BCUT2D eigenvalue weighted by atomic mass is 9.89. The fourth-order valence-corrected chi connectivity index (χ4v) is 3.77. The van der Waals surface area contributed by atoms with Crippen LogP contribution in [-0.2, 0) is 4.74 Å². The second-order valence-corrected chi connectivity index (χ2v) is 6.03. The third kappa shape index (κ3) is 2.46. The quantitative estimate of drug-likeness (QED) is 0.924. The molecule has 2 atom stereocenters. The summed E-state index contributed by atoms with van der Waals surface area (Å²) in [4.78, 5) is 1.38. The second-order valence-electron chi connectivity index (χ2n) is 5.09. The minimum Gasteiger partial charge on any atom is -0.370 e. The third-order valence-electron chi connectivity index (χ3n) is 3.69. The van der Waals surface area contributed by atoms with Gasteiger partial charge >= 0.3 is 0 Å². The average Bonchev–Trinajstić information content (AvgIpc) is 2.89. The van der Waals surface area contributed by atoms with Crippen LogP contribution in [0.3, 0.4) is 0 Å². The van der Waals surface area contributed by atoms with Crippen molar-refractivity contribution in [3.05, 3.63) is 57.3 Å². The summed E-state index contributed by atoms with van der Waals surface area (Å²) in [5, 5.41) is 5.40. The Labute approximate surface area is 118 Å². The van der Waals surface area contributed by atoms with Crippen molar-refractivity contribution in [3.8, 4) is 0 Å². The van der Waals surface area contributed by atoms with E-state index in [-0.39, 0.29) is 6.10 Å². The number of likely N-dealkylation sites (N-methyl/N-ethyl adjacent to an activating group) is 1. The lowest BCUT2D eigenvalue weighted by Gasteiger charge is -2.29. The highest BCUT2D eigenvalue weighted by Gasteiger charge is 2.29. The van der Waals surface area contributed by atoms with Gasteiger partial charge in [0.15, 0.2) is 0 Å². The van der Waals surface area contributed by atoms with E-state index in [1.54, 1.807) is 0 Å². The van der Waals surface area contributed by atoms with Gasteiger partial charge in [0.2, 0.25) is 0 Å². The van der Waals surface area contributed by atoms with Gasteiger partial charge in [0.05, 0.1) is 6.61 Å². The van der Waals surface area contributed by atoms with Gasteiger partial charge in [-0.1, -0.05) is 29.8 Å². The zero-order valence-electron chi connectivity index (χ0n) is 11.3. The Morgan fingerprint density at radius 1 is 1.37 bits per heavy atom. The van der Waals surface area contributed by atoms with Crippen LogP contribution in [0.15, 0.2) is 35.7 Å². The molecular formula is C16H19NOS. The number of thiophene rings is 1. The molecule has 19 heavy (non-hydrogen) atoms. The molecule has 0 saturated carbocycles. The predicted molar refractivity (Wildman–Crippen MR) is 80.0 cm³/mol. The Balaban J connectivity index is 1.95. The maximum atomic E-state index is 6.06. The van der Waals surface area contributed by atoms with E-state index in [0.717, 1.165) is 13.2 Å². The summed E-state index contributed by atoms with van der Waals surface area (Å²) in [5.41, 5.74) is 4.12. The number of rotatable bonds is 3. The summed E-state index contributed by atoms with van der Waals surface area (Å²) in [6.07, 6.45) is 0.209. The number of hydrogen-bond acceptors (Lipinski definition) is 3. The second kappa shape index (κ2) is 5.45. The SMILES string of the molecule is CNC[C@@H]1OC[C@H](c2cccc(C)c2)c2ccsc21. The van der Waals surface area contributed by atoms with E-state index in [1.807, 2.05) is 18.4 Å². The first kappa shape index (κ1) is 12.9. The van der Waals surface area contributed by atoms with E-state index in [2.05, 4.69) is 48.0 Å². The summed E-state index contributed by atoms with van der Waals surface area (Å²) in [6, 6.07) is 11.0. The highest BCUT2D eigenvalue weighted by atomic mass is 32.1. The van der Waals surface area contributed by atoms with Crippen molar-refractivity contribution in [1.29, 1.82) is 0 Å². The highest BCUT2D eigenvalue weighted by molar-refractivity contribution is 7.10. The number of aryl methyl sites for hydroxylation is 1. The van der Waals surface area contributed by atoms with Gasteiger partial charge in [-0.2, -0.15) is 0 Å². The molecule has 0 aliphatic carbocycles. The number of fused-ring (bicyclic) bond motifs is 1. The third-order valence-corrected chi connectivity index (χ3v) is 4.72. The molecular weight excluding hydrogens is 254 g/mol. The molecule has 0 radical (unpaired) electrons. The maximum Gasteiger partial charge on any atom is 0.104 e. The molecule has 0 spiro atoms. The van der Waals surface area contributed by atoms with Crippen LogP contribution in [-0.4, -0.2) is 20.2 Å². The van der Waals surface area contributed by atoms with E-state index in [1.165, 1.54) is 21.6 Å². The summed E-state index contributed by atoms with van der Waals surface area (Å²) < 4.78 is 6.06. The minimum atomic E-state index is 0.209. The first-order valence-corrected chi connectivity index (χ1v) is 7.57. The van der Waals surface area contributed by atoms with Crippen LogP contribution in [0.1, 0.15) is 33.6 Å². The molecule has 100 valence electrons. The van der Waals surface area contributed by atoms with Crippen LogP contribution in [0, 0.1) is 6.92 Å². The van der Waals surface area contributed by atoms with Crippen LogP contribution in [0.5, 0.6) is 0 Å². The zero-order chi connectivity index (χ0) is 13.2. The van der Waals surface area contributed by atoms with Gasteiger partial charge in [-0.3, -0.25) is 0 Å². The minimum absolute atomic E-state index is 0.209. The van der Waals surface area contributed by atoms with Crippen molar-refractivity contribution in [2.75, 3.05) is 20.2 Å². The van der Waals surface area contributed by atoms with Crippen molar-refractivity contribution in [2.24, 2.45) is 0 Å². The summed E-state index contributed by atoms with van der Waals surface area (Å²) in [6.45, 7) is 3.80. The molecule has 3 heteroatoms. The number of nitrogens with one attached hydrogen (secondary N) is 1. The van der Waals surface area contributed by atoms with E-state index < -0.39 is 0 Å². The predicted octanol–water partition coefficient (Wildman–Crippen LogP) is 3.48. The van der Waals surface area contributed by atoms with Gasteiger partial charge in [0.25, 0.3) is 0 Å². The Hall–Kier alpha value is -1.16. The molecule has 2 nitrogen and oxygen atoms in total. The molecule has 1 N–H and O–H groups in total. The molecule has 1 aromatic carbocycles. The average molecular weight is 273 g/mol. The Bertz CT molecular complexity index is 563. The van der Waals surface area contributed by atoms with Crippen LogP contribution < -0.4 is 5.32 Å². The molecule has 0 fully saturated rings. The van der Waals surface area contributed by atoms with Gasteiger partial charge in [0, 0.05) is 17.3 Å². The van der Waals surface area contributed by atoms with Crippen molar-refractivity contribution in [3.63, 3.8) is 0 Å². The Morgan fingerprint density at radius 3 is 3.05 bits per heavy atom. The standard InChI is InChI=1S/C16H19NOS/c1-11-4-3-5-12(8-11)14-10-18-15(9-17-2)16-13(14)6-7-19-16/h3-8,14-15,17H,9-10H2,1-2H3/t14-,15+/m1/s1. The molecule has 0 unspecified atom stereocenters. The van der Waals surface area contributed by atoms with Crippen LogP contribution in [0.4, 0.5) is 0 Å². The molecule has 0 amide bonds. The lowest BCUT2D eigenvalue weighted by molar-refractivity contribution is 0.0383. The molecule has 0 bridgehead atoms. The monoisotopic (exact) mass is 273 g/mol. The van der Waals surface area contributed by atoms with Crippen molar-refractivity contribution in [2.45, 2.75) is 18.9 Å². The normalized spacial score (nSPS) is 22.2. The maximum absolute atomic E-state index is 6.06. The molecule has 1 aliphatic rings. The van der Waals surface area contributed by atoms with Crippen molar-refractivity contribution >= 4 is 11.3 Å². The number of benzene rings is 1. The van der Waals surface area contributed by atoms with Crippen LogP contribution in [0.25, 0.3) is 0 Å². The van der Waals surface area contributed by atoms with E-state index in [9.17, 15) is 0 Å². The van der Waals surface area contributed by atoms with Gasteiger partial charge in [-0.15, -0.1) is 11.3 Å². The summed E-state index contributed by atoms with van der Waals surface area (Å²) in [7, 11) is 1.98. The van der Waals surface area contributed by atoms with Crippen LogP contribution >= 0.6 is 11.3 Å². The van der Waals surface area contributed by atoms with Crippen LogP contribution in [0.2, 0.25) is 0 Å². The molecule has 0 saturated heterocycles. The van der Waals surface area contributed by atoms with Crippen molar-refractivity contribution < 1.29 is 4.74 Å². The van der Waals surface area contributed by atoms with E-state index in [0.29, 0.717) is 5.92 Å². The topological polar surface area (TPSA) is 21.3 Å². The van der Waals surface area contributed by atoms with Gasteiger partial charge < -0.3 is 10.1 Å². The Morgan fingerprint density at radius 2 is 2.26 bits per heavy atom. The molecule has 3 rings (SSSR count). The summed E-state index contributed by atoms with van der Waals surface area (Å²) in [5.74, 6) is 0.384. The molecule has 1 aliphatic heterocycles. The zero-order valence-corrected chi connectivity index (χ0v) is 12.2.